The molecule has 1 amide bonds. The molecule has 2 aliphatic rings. The van der Waals surface area contributed by atoms with Crippen LogP contribution in [0.4, 0.5) is 0 Å². The minimum atomic E-state index is -0.607. The first-order chi connectivity index (χ1) is 11.0. The molecule has 1 fully saturated rings. The SMILES string of the molecule is CC1CC(NC(=O)C(C)(C)c2ccc3c(c2)OCCO3)CCN1. The van der Waals surface area contributed by atoms with Crippen molar-refractivity contribution >= 4 is 5.91 Å². The summed E-state index contributed by atoms with van der Waals surface area (Å²) in [6, 6.07) is 6.48. The Morgan fingerprint density at radius 2 is 2.00 bits per heavy atom. The van der Waals surface area contributed by atoms with Crippen molar-refractivity contribution in [1.29, 1.82) is 0 Å². The molecule has 0 aromatic heterocycles. The Morgan fingerprint density at radius 3 is 2.74 bits per heavy atom. The van der Waals surface area contributed by atoms with Crippen LogP contribution in [0.25, 0.3) is 0 Å². The molecule has 5 nitrogen and oxygen atoms in total. The van der Waals surface area contributed by atoms with Gasteiger partial charge in [0.1, 0.15) is 13.2 Å². The molecule has 0 bridgehead atoms. The highest BCUT2D eigenvalue weighted by Gasteiger charge is 2.33. The molecule has 2 atom stereocenters. The van der Waals surface area contributed by atoms with Crippen LogP contribution >= 0.6 is 0 Å². The fourth-order valence-electron chi connectivity index (χ4n) is 3.19. The lowest BCUT2D eigenvalue weighted by molar-refractivity contribution is -0.126. The topological polar surface area (TPSA) is 59.6 Å². The van der Waals surface area contributed by atoms with Crippen molar-refractivity contribution in [3.63, 3.8) is 0 Å². The molecule has 0 aliphatic carbocycles. The summed E-state index contributed by atoms with van der Waals surface area (Å²) in [4.78, 5) is 12.8. The molecule has 0 radical (unpaired) electrons. The van der Waals surface area contributed by atoms with Crippen molar-refractivity contribution in [2.24, 2.45) is 0 Å². The molecule has 2 aliphatic heterocycles. The summed E-state index contributed by atoms with van der Waals surface area (Å²) in [6.07, 6.45) is 1.95. The summed E-state index contributed by atoms with van der Waals surface area (Å²) < 4.78 is 11.2. The molecule has 2 heterocycles. The molecule has 0 saturated carbocycles. The largest absolute Gasteiger partial charge is 0.486 e. The molecule has 0 spiro atoms. The van der Waals surface area contributed by atoms with Gasteiger partial charge >= 0.3 is 0 Å². The minimum absolute atomic E-state index is 0.0632. The van der Waals surface area contributed by atoms with Crippen molar-refractivity contribution in [3.05, 3.63) is 23.8 Å². The molecule has 1 saturated heterocycles. The van der Waals surface area contributed by atoms with E-state index in [2.05, 4.69) is 17.6 Å². The van der Waals surface area contributed by atoms with E-state index in [4.69, 9.17) is 9.47 Å². The van der Waals surface area contributed by atoms with Crippen molar-refractivity contribution < 1.29 is 14.3 Å². The highest BCUT2D eigenvalue weighted by atomic mass is 16.6. The smallest absolute Gasteiger partial charge is 0.230 e. The van der Waals surface area contributed by atoms with Crippen molar-refractivity contribution in [3.8, 4) is 11.5 Å². The molecule has 2 N–H and O–H groups in total. The van der Waals surface area contributed by atoms with Crippen molar-refractivity contribution in [1.82, 2.24) is 10.6 Å². The van der Waals surface area contributed by atoms with Crippen LogP contribution in [-0.4, -0.2) is 37.7 Å². The number of rotatable bonds is 3. The number of carbonyl (C=O) groups excluding carboxylic acids is 1. The quantitative estimate of drug-likeness (QED) is 0.895. The van der Waals surface area contributed by atoms with Crippen LogP contribution in [0.15, 0.2) is 18.2 Å². The molecule has 5 heteroatoms. The standard InChI is InChI=1S/C18H26N2O3/c1-12-10-14(6-7-19-12)20-17(21)18(2,3)13-4-5-15-16(11-13)23-9-8-22-15/h4-5,11-12,14,19H,6-10H2,1-3H3,(H,20,21). The predicted octanol–water partition coefficient (Wildman–Crippen LogP) is 1.99. The summed E-state index contributed by atoms with van der Waals surface area (Å²) >= 11 is 0. The molecule has 3 rings (SSSR count). The van der Waals surface area contributed by atoms with Crippen LogP contribution in [-0.2, 0) is 10.2 Å². The summed E-state index contributed by atoms with van der Waals surface area (Å²) in [7, 11) is 0. The number of nitrogens with one attached hydrogen (secondary N) is 2. The summed E-state index contributed by atoms with van der Waals surface area (Å²) in [5.74, 6) is 1.54. The van der Waals surface area contributed by atoms with E-state index in [1.54, 1.807) is 0 Å². The number of benzene rings is 1. The number of fused-ring (bicyclic) bond motifs is 1. The number of hydrogen-bond donors (Lipinski definition) is 2. The van der Waals surface area contributed by atoms with Gasteiger partial charge in [-0.3, -0.25) is 4.79 Å². The Kier molecular flexibility index (Phi) is 4.48. The van der Waals surface area contributed by atoms with Gasteiger partial charge in [-0.1, -0.05) is 6.07 Å². The lowest BCUT2D eigenvalue weighted by Crippen LogP contribution is -2.50. The number of carbonyl (C=O) groups is 1. The zero-order valence-electron chi connectivity index (χ0n) is 14.1. The zero-order chi connectivity index (χ0) is 16.4. The zero-order valence-corrected chi connectivity index (χ0v) is 14.1. The average molecular weight is 318 g/mol. The van der Waals surface area contributed by atoms with Gasteiger partial charge in [0, 0.05) is 12.1 Å². The second-order valence-electron chi connectivity index (χ2n) is 7.03. The Balaban J connectivity index is 1.73. The lowest BCUT2D eigenvalue weighted by atomic mass is 9.83. The van der Waals surface area contributed by atoms with Crippen molar-refractivity contribution in [2.45, 2.75) is 51.1 Å². The van der Waals surface area contributed by atoms with Crippen LogP contribution in [0.5, 0.6) is 11.5 Å². The fourth-order valence-corrected chi connectivity index (χ4v) is 3.19. The summed E-state index contributed by atoms with van der Waals surface area (Å²) in [5, 5.41) is 6.63. The van der Waals surface area contributed by atoms with Crippen LogP contribution in [0.2, 0.25) is 0 Å². The highest BCUT2D eigenvalue weighted by Crippen LogP contribution is 2.35. The third-order valence-electron chi connectivity index (χ3n) is 4.79. The third kappa shape index (κ3) is 3.44. The first-order valence-electron chi connectivity index (χ1n) is 8.41. The maximum absolute atomic E-state index is 12.8. The normalized spacial score (nSPS) is 24.1. The first kappa shape index (κ1) is 16.1. The molecule has 126 valence electrons. The Morgan fingerprint density at radius 1 is 1.26 bits per heavy atom. The van der Waals surface area contributed by atoms with Gasteiger partial charge in [0.25, 0.3) is 0 Å². The van der Waals surface area contributed by atoms with E-state index >= 15 is 0 Å². The van der Waals surface area contributed by atoms with E-state index in [9.17, 15) is 4.79 Å². The van der Waals surface area contributed by atoms with E-state index in [1.165, 1.54) is 0 Å². The van der Waals surface area contributed by atoms with Gasteiger partial charge in [-0.05, 0) is 57.9 Å². The molecule has 1 aromatic rings. The van der Waals surface area contributed by atoms with E-state index in [0.717, 1.165) is 36.4 Å². The van der Waals surface area contributed by atoms with Gasteiger partial charge in [0.2, 0.25) is 5.91 Å². The van der Waals surface area contributed by atoms with Crippen LogP contribution < -0.4 is 20.1 Å². The molecule has 1 aromatic carbocycles. The second kappa shape index (κ2) is 6.40. The van der Waals surface area contributed by atoms with Crippen LogP contribution in [0.1, 0.15) is 39.2 Å². The third-order valence-corrected chi connectivity index (χ3v) is 4.79. The van der Waals surface area contributed by atoms with Gasteiger partial charge in [0.15, 0.2) is 11.5 Å². The Bertz CT molecular complexity index is 586. The monoisotopic (exact) mass is 318 g/mol. The number of ether oxygens (including phenoxy) is 2. The average Bonchev–Trinajstić information content (AvgIpc) is 2.54. The number of amides is 1. The maximum Gasteiger partial charge on any atom is 0.230 e. The van der Waals surface area contributed by atoms with Crippen LogP contribution in [0.3, 0.4) is 0 Å². The van der Waals surface area contributed by atoms with E-state index in [1.807, 2.05) is 32.0 Å². The maximum atomic E-state index is 12.8. The lowest BCUT2D eigenvalue weighted by Gasteiger charge is -2.32. The highest BCUT2D eigenvalue weighted by molar-refractivity contribution is 5.87. The van der Waals surface area contributed by atoms with Gasteiger partial charge < -0.3 is 20.1 Å². The molecule has 2 unspecified atom stereocenters. The molecular formula is C18H26N2O3. The van der Waals surface area contributed by atoms with E-state index < -0.39 is 5.41 Å². The van der Waals surface area contributed by atoms with Gasteiger partial charge in [0.05, 0.1) is 5.41 Å². The minimum Gasteiger partial charge on any atom is -0.486 e. The van der Waals surface area contributed by atoms with Crippen molar-refractivity contribution in [2.75, 3.05) is 19.8 Å². The van der Waals surface area contributed by atoms with Gasteiger partial charge in [-0.2, -0.15) is 0 Å². The van der Waals surface area contributed by atoms with Crippen LogP contribution in [0, 0.1) is 0 Å². The van der Waals surface area contributed by atoms with E-state index in [-0.39, 0.29) is 11.9 Å². The first-order valence-corrected chi connectivity index (χ1v) is 8.41. The summed E-state index contributed by atoms with van der Waals surface area (Å²) in [5.41, 5.74) is 0.338. The van der Waals surface area contributed by atoms with Gasteiger partial charge in [-0.25, -0.2) is 0 Å². The summed E-state index contributed by atoms with van der Waals surface area (Å²) in [6.45, 7) is 8.15. The molecular weight excluding hydrogens is 292 g/mol. The van der Waals surface area contributed by atoms with Gasteiger partial charge in [-0.15, -0.1) is 0 Å². The fraction of sp³-hybridized carbons (Fsp3) is 0.611. The number of piperidine rings is 1. The Labute approximate surface area is 137 Å². The number of hydrogen-bond acceptors (Lipinski definition) is 4. The predicted molar refractivity (Wildman–Crippen MR) is 89.1 cm³/mol. The van der Waals surface area contributed by atoms with E-state index in [0.29, 0.717) is 19.3 Å². The second-order valence-corrected chi connectivity index (χ2v) is 7.03. The Hall–Kier alpha value is -1.75. The molecule has 23 heavy (non-hydrogen) atoms.